The van der Waals surface area contributed by atoms with Gasteiger partial charge in [0.25, 0.3) is 0 Å². The molecule has 3 nitrogen and oxygen atoms in total. The SMILES string of the molecule is Cn1cc(CCC(=O)Cc2c(F)cccc2F)cn1. The normalized spacial score (nSPS) is 10.7. The number of nitrogens with zero attached hydrogens (tertiary/aromatic N) is 2. The summed E-state index contributed by atoms with van der Waals surface area (Å²) in [5.74, 6) is -1.53. The van der Waals surface area contributed by atoms with Gasteiger partial charge in [0.15, 0.2) is 0 Å². The highest BCUT2D eigenvalue weighted by atomic mass is 19.1. The van der Waals surface area contributed by atoms with Gasteiger partial charge in [-0.25, -0.2) is 8.78 Å². The molecule has 5 heteroatoms. The summed E-state index contributed by atoms with van der Waals surface area (Å²) in [7, 11) is 1.79. The van der Waals surface area contributed by atoms with Crippen molar-refractivity contribution in [1.29, 1.82) is 0 Å². The van der Waals surface area contributed by atoms with Crippen molar-refractivity contribution in [1.82, 2.24) is 9.78 Å². The Bertz CT molecular complexity index is 573. The largest absolute Gasteiger partial charge is 0.299 e. The molecule has 0 spiro atoms. The summed E-state index contributed by atoms with van der Waals surface area (Å²) in [6, 6.07) is 3.61. The van der Waals surface area contributed by atoms with E-state index in [1.165, 1.54) is 6.07 Å². The van der Waals surface area contributed by atoms with E-state index in [9.17, 15) is 13.6 Å². The first-order valence-electron chi connectivity index (χ1n) is 5.98. The van der Waals surface area contributed by atoms with Crippen molar-refractivity contribution in [3.8, 4) is 0 Å². The lowest BCUT2D eigenvalue weighted by Crippen LogP contribution is -2.07. The molecule has 0 fully saturated rings. The fraction of sp³-hybridized carbons (Fsp3) is 0.286. The van der Waals surface area contributed by atoms with E-state index >= 15 is 0 Å². The maximum atomic E-state index is 13.4. The number of hydrogen-bond acceptors (Lipinski definition) is 2. The van der Waals surface area contributed by atoms with Crippen molar-refractivity contribution in [3.63, 3.8) is 0 Å². The van der Waals surface area contributed by atoms with Gasteiger partial charge in [0.2, 0.25) is 0 Å². The lowest BCUT2D eigenvalue weighted by molar-refractivity contribution is -0.118. The molecular formula is C14H14F2N2O. The number of carbonyl (C=O) groups is 1. The monoisotopic (exact) mass is 264 g/mol. The summed E-state index contributed by atoms with van der Waals surface area (Å²) < 4.78 is 28.4. The van der Waals surface area contributed by atoms with Crippen molar-refractivity contribution in [2.45, 2.75) is 19.3 Å². The first-order valence-corrected chi connectivity index (χ1v) is 5.98. The molecule has 1 heterocycles. The average molecular weight is 264 g/mol. The number of ketones is 1. The van der Waals surface area contributed by atoms with Crippen LogP contribution in [0.1, 0.15) is 17.5 Å². The molecule has 0 amide bonds. The molecule has 0 atom stereocenters. The Labute approximate surface area is 109 Å². The van der Waals surface area contributed by atoms with Crippen LogP contribution in [0, 0.1) is 11.6 Å². The molecule has 1 aromatic heterocycles. The number of carbonyl (C=O) groups excluding carboxylic acids is 1. The van der Waals surface area contributed by atoms with Crippen LogP contribution in [0.15, 0.2) is 30.6 Å². The quantitative estimate of drug-likeness (QED) is 0.831. The lowest BCUT2D eigenvalue weighted by atomic mass is 10.0. The van der Waals surface area contributed by atoms with Gasteiger partial charge in [-0.2, -0.15) is 5.10 Å². The molecule has 0 bridgehead atoms. The van der Waals surface area contributed by atoms with E-state index < -0.39 is 11.6 Å². The topological polar surface area (TPSA) is 34.9 Å². The molecule has 100 valence electrons. The molecular weight excluding hydrogens is 250 g/mol. The van der Waals surface area contributed by atoms with Crippen LogP contribution < -0.4 is 0 Å². The molecule has 0 N–H and O–H groups in total. The number of aromatic nitrogens is 2. The van der Waals surface area contributed by atoms with Crippen molar-refractivity contribution in [2.75, 3.05) is 0 Å². The summed E-state index contributed by atoms with van der Waals surface area (Å²) >= 11 is 0. The molecule has 0 saturated heterocycles. The Hall–Kier alpha value is -2.04. The van der Waals surface area contributed by atoms with Crippen molar-refractivity contribution in [3.05, 3.63) is 53.4 Å². The fourth-order valence-electron chi connectivity index (χ4n) is 1.87. The molecule has 0 radical (unpaired) electrons. The van der Waals surface area contributed by atoms with E-state index in [4.69, 9.17) is 0 Å². The van der Waals surface area contributed by atoms with Crippen LogP contribution in [-0.2, 0) is 24.7 Å². The predicted octanol–water partition coefficient (Wildman–Crippen LogP) is 2.44. The highest BCUT2D eigenvalue weighted by Gasteiger charge is 2.13. The molecule has 0 saturated carbocycles. The van der Waals surface area contributed by atoms with Crippen LogP contribution >= 0.6 is 0 Å². The van der Waals surface area contributed by atoms with Gasteiger partial charge in [-0.05, 0) is 24.1 Å². The predicted molar refractivity (Wildman–Crippen MR) is 66.6 cm³/mol. The van der Waals surface area contributed by atoms with E-state index in [0.717, 1.165) is 17.7 Å². The third kappa shape index (κ3) is 3.47. The highest BCUT2D eigenvalue weighted by Crippen LogP contribution is 2.14. The number of aryl methyl sites for hydroxylation is 2. The number of benzene rings is 1. The number of Topliss-reactive ketones (excluding diaryl/α,β-unsaturated/α-hetero) is 1. The second-order valence-corrected chi connectivity index (χ2v) is 4.44. The lowest BCUT2D eigenvalue weighted by Gasteiger charge is -2.03. The first-order chi connectivity index (χ1) is 9.06. The van der Waals surface area contributed by atoms with E-state index in [0.29, 0.717) is 6.42 Å². The minimum absolute atomic E-state index is 0.154. The van der Waals surface area contributed by atoms with Crippen molar-refractivity contribution in [2.24, 2.45) is 7.05 Å². The molecule has 2 aromatic rings. The second-order valence-electron chi connectivity index (χ2n) is 4.44. The maximum Gasteiger partial charge on any atom is 0.137 e. The number of halogens is 2. The van der Waals surface area contributed by atoms with Crippen LogP contribution in [0.4, 0.5) is 8.78 Å². The van der Waals surface area contributed by atoms with Crippen LogP contribution in [0.5, 0.6) is 0 Å². The Morgan fingerprint density at radius 2 is 2.00 bits per heavy atom. The smallest absolute Gasteiger partial charge is 0.137 e. The average Bonchev–Trinajstić information content (AvgIpc) is 2.77. The van der Waals surface area contributed by atoms with E-state index in [2.05, 4.69) is 5.10 Å². The van der Waals surface area contributed by atoms with Gasteiger partial charge in [-0.1, -0.05) is 6.07 Å². The third-order valence-electron chi connectivity index (χ3n) is 2.89. The first kappa shape index (κ1) is 13.4. The second kappa shape index (κ2) is 5.73. The van der Waals surface area contributed by atoms with Gasteiger partial charge in [-0.15, -0.1) is 0 Å². The van der Waals surface area contributed by atoms with E-state index in [1.807, 2.05) is 6.20 Å². The van der Waals surface area contributed by atoms with Crippen LogP contribution in [0.25, 0.3) is 0 Å². The summed E-state index contributed by atoms with van der Waals surface area (Å²) in [5, 5.41) is 3.99. The standard InChI is InChI=1S/C14H14F2N2O/c1-18-9-10(8-17-18)5-6-11(19)7-12-13(15)3-2-4-14(12)16/h2-4,8-9H,5-7H2,1H3. The van der Waals surface area contributed by atoms with Crippen LogP contribution in [0.2, 0.25) is 0 Å². The summed E-state index contributed by atoms with van der Waals surface area (Å²) in [4.78, 5) is 11.7. The Balaban J connectivity index is 1.94. The summed E-state index contributed by atoms with van der Waals surface area (Å²) in [5.41, 5.74) is 0.781. The van der Waals surface area contributed by atoms with Gasteiger partial charge in [0.05, 0.1) is 6.20 Å². The zero-order chi connectivity index (χ0) is 13.8. The van der Waals surface area contributed by atoms with Crippen LogP contribution in [0.3, 0.4) is 0 Å². The van der Waals surface area contributed by atoms with E-state index in [1.54, 1.807) is 17.9 Å². The Kier molecular flexibility index (Phi) is 4.04. The summed E-state index contributed by atoms with van der Waals surface area (Å²) in [6.07, 6.45) is 4.06. The minimum Gasteiger partial charge on any atom is -0.299 e. The maximum absolute atomic E-state index is 13.4. The van der Waals surface area contributed by atoms with Crippen molar-refractivity contribution >= 4 is 5.78 Å². The minimum atomic E-state index is -0.672. The third-order valence-corrected chi connectivity index (χ3v) is 2.89. The van der Waals surface area contributed by atoms with Crippen LogP contribution in [-0.4, -0.2) is 15.6 Å². The Morgan fingerprint density at radius 3 is 2.58 bits per heavy atom. The van der Waals surface area contributed by atoms with Gasteiger partial charge in [-0.3, -0.25) is 9.48 Å². The Morgan fingerprint density at radius 1 is 1.32 bits per heavy atom. The van der Waals surface area contributed by atoms with E-state index in [-0.39, 0.29) is 24.2 Å². The fourth-order valence-corrected chi connectivity index (χ4v) is 1.87. The molecule has 19 heavy (non-hydrogen) atoms. The molecule has 1 aromatic carbocycles. The van der Waals surface area contributed by atoms with Crippen molar-refractivity contribution < 1.29 is 13.6 Å². The zero-order valence-corrected chi connectivity index (χ0v) is 10.6. The molecule has 0 aliphatic rings. The van der Waals surface area contributed by atoms with Gasteiger partial charge in [0.1, 0.15) is 17.4 Å². The van der Waals surface area contributed by atoms with Gasteiger partial charge >= 0.3 is 0 Å². The molecule has 2 rings (SSSR count). The number of rotatable bonds is 5. The van der Waals surface area contributed by atoms with Gasteiger partial charge in [0, 0.05) is 31.6 Å². The summed E-state index contributed by atoms with van der Waals surface area (Å²) in [6.45, 7) is 0. The molecule has 0 aliphatic carbocycles. The molecule has 0 unspecified atom stereocenters. The zero-order valence-electron chi connectivity index (χ0n) is 10.6. The van der Waals surface area contributed by atoms with Gasteiger partial charge < -0.3 is 0 Å². The molecule has 0 aliphatic heterocycles. The highest BCUT2D eigenvalue weighted by molar-refractivity contribution is 5.81. The number of hydrogen-bond donors (Lipinski definition) is 0.